The zero-order chi connectivity index (χ0) is 11.9. The largest absolute Gasteiger partial charge is 0.374 e. The summed E-state index contributed by atoms with van der Waals surface area (Å²) in [6.07, 6.45) is 5.98. The standard InChI is InChI=1S/C14H22N2O/c1-13-5-6-14(15-11-13)12-17-10-9-16-7-3-2-4-8-16/h5-6,11H,2-4,7-10,12H2,1H3. The molecule has 1 aromatic heterocycles. The van der Waals surface area contributed by atoms with Crippen molar-refractivity contribution in [2.45, 2.75) is 32.8 Å². The van der Waals surface area contributed by atoms with Crippen molar-refractivity contribution in [2.75, 3.05) is 26.2 Å². The Labute approximate surface area is 104 Å². The molecule has 1 fully saturated rings. The number of hydrogen-bond donors (Lipinski definition) is 0. The SMILES string of the molecule is Cc1ccc(COCCN2CCCCC2)nc1. The average Bonchev–Trinajstić information content (AvgIpc) is 2.38. The Morgan fingerprint density at radius 3 is 2.76 bits per heavy atom. The number of nitrogens with zero attached hydrogens (tertiary/aromatic N) is 2. The fourth-order valence-corrected chi connectivity index (χ4v) is 2.14. The van der Waals surface area contributed by atoms with Crippen molar-refractivity contribution in [2.24, 2.45) is 0 Å². The van der Waals surface area contributed by atoms with Gasteiger partial charge >= 0.3 is 0 Å². The van der Waals surface area contributed by atoms with E-state index in [1.807, 2.05) is 19.2 Å². The molecule has 0 bridgehead atoms. The van der Waals surface area contributed by atoms with Gasteiger partial charge in [-0.05, 0) is 44.5 Å². The van der Waals surface area contributed by atoms with Gasteiger partial charge in [-0.25, -0.2) is 0 Å². The second-order valence-electron chi connectivity index (χ2n) is 4.78. The summed E-state index contributed by atoms with van der Waals surface area (Å²) in [6.45, 7) is 7.04. The van der Waals surface area contributed by atoms with Gasteiger partial charge in [0.2, 0.25) is 0 Å². The van der Waals surface area contributed by atoms with Crippen LogP contribution in [0.25, 0.3) is 0 Å². The number of ether oxygens (including phenoxy) is 1. The van der Waals surface area contributed by atoms with E-state index in [0.29, 0.717) is 6.61 Å². The Balaban J connectivity index is 1.60. The van der Waals surface area contributed by atoms with Crippen LogP contribution in [0.5, 0.6) is 0 Å². The van der Waals surface area contributed by atoms with Crippen LogP contribution in [0.3, 0.4) is 0 Å². The number of aromatic nitrogens is 1. The van der Waals surface area contributed by atoms with E-state index in [9.17, 15) is 0 Å². The molecule has 1 aromatic rings. The lowest BCUT2D eigenvalue weighted by Crippen LogP contribution is -2.32. The molecule has 1 aliphatic rings. The molecule has 3 heteroatoms. The van der Waals surface area contributed by atoms with Crippen molar-refractivity contribution in [3.05, 3.63) is 29.6 Å². The maximum Gasteiger partial charge on any atom is 0.0888 e. The first-order valence-corrected chi connectivity index (χ1v) is 6.56. The molecule has 0 atom stereocenters. The summed E-state index contributed by atoms with van der Waals surface area (Å²) in [6, 6.07) is 4.12. The first-order chi connectivity index (χ1) is 8.34. The third kappa shape index (κ3) is 4.44. The highest BCUT2D eigenvalue weighted by atomic mass is 16.5. The first-order valence-electron chi connectivity index (χ1n) is 6.56. The van der Waals surface area contributed by atoms with Crippen LogP contribution in [0, 0.1) is 6.92 Å². The van der Waals surface area contributed by atoms with Crippen LogP contribution in [0.2, 0.25) is 0 Å². The average molecular weight is 234 g/mol. The zero-order valence-electron chi connectivity index (χ0n) is 10.7. The lowest BCUT2D eigenvalue weighted by atomic mass is 10.1. The van der Waals surface area contributed by atoms with Crippen LogP contribution < -0.4 is 0 Å². The predicted molar refractivity (Wildman–Crippen MR) is 68.9 cm³/mol. The predicted octanol–water partition coefficient (Wildman–Crippen LogP) is 2.39. The van der Waals surface area contributed by atoms with Crippen LogP contribution in [-0.2, 0) is 11.3 Å². The van der Waals surface area contributed by atoms with E-state index < -0.39 is 0 Å². The van der Waals surface area contributed by atoms with Gasteiger partial charge in [-0.3, -0.25) is 4.98 Å². The molecule has 0 amide bonds. The molecule has 1 aliphatic heterocycles. The fraction of sp³-hybridized carbons (Fsp3) is 0.643. The molecule has 2 rings (SSSR count). The molecule has 0 spiro atoms. The van der Waals surface area contributed by atoms with E-state index >= 15 is 0 Å². The molecule has 0 aromatic carbocycles. The number of pyridine rings is 1. The first kappa shape index (κ1) is 12.5. The smallest absolute Gasteiger partial charge is 0.0888 e. The molecule has 0 radical (unpaired) electrons. The van der Waals surface area contributed by atoms with Crippen molar-refractivity contribution < 1.29 is 4.74 Å². The van der Waals surface area contributed by atoms with E-state index in [4.69, 9.17) is 4.74 Å². The van der Waals surface area contributed by atoms with E-state index in [-0.39, 0.29) is 0 Å². The number of rotatable bonds is 5. The van der Waals surface area contributed by atoms with Crippen LogP contribution in [0.1, 0.15) is 30.5 Å². The minimum atomic E-state index is 0.633. The van der Waals surface area contributed by atoms with Gasteiger partial charge in [0.15, 0.2) is 0 Å². The summed E-state index contributed by atoms with van der Waals surface area (Å²) in [4.78, 5) is 6.82. The Hall–Kier alpha value is -0.930. The van der Waals surface area contributed by atoms with Gasteiger partial charge in [-0.15, -0.1) is 0 Å². The lowest BCUT2D eigenvalue weighted by Gasteiger charge is -2.26. The highest BCUT2D eigenvalue weighted by Crippen LogP contribution is 2.08. The molecule has 1 saturated heterocycles. The normalized spacial score (nSPS) is 17.2. The lowest BCUT2D eigenvalue weighted by molar-refractivity contribution is 0.0845. The van der Waals surface area contributed by atoms with Crippen molar-refractivity contribution in [1.29, 1.82) is 0 Å². The highest BCUT2D eigenvalue weighted by Gasteiger charge is 2.08. The van der Waals surface area contributed by atoms with Crippen molar-refractivity contribution >= 4 is 0 Å². The molecule has 0 unspecified atom stereocenters. The van der Waals surface area contributed by atoms with Crippen molar-refractivity contribution in [1.82, 2.24) is 9.88 Å². The second kappa shape index (κ2) is 6.72. The topological polar surface area (TPSA) is 25.4 Å². The molecule has 0 aliphatic carbocycles. The van der Waals surface area contributed by atoms with Crippen LogP contribution in [0.4, 0.5) is 0 Å². The molecule has 3 nitrogen and oxygen atoms in total. The Morgan fingerprint density at radius 2 is 2.06 bits per heavy atom. The molecule has 94 valence electrons. The van der Waals surface area contributed by atoms with E-state index in [2.05, 4.69) is 16.0 Å². The van der Waals surface area contributed by atoms with Crippen molar-refractivity contribution in [3.8, 4) is 0 Å². The van der Waals surface area contributed by atoms with Crippen molar-refractivity contribution in [3.63, 3.8) is 0 Å². The zero-order valence-corrected chi connectivity index (χ0v) is 10.7. The minimum absolute atomic E-state index is 0.633. The summed E-state index contributed by atoms with van der Waals surface area (Å²) in [7, 11) is 0. The monoisotopic (exact) mass is 234 g/mol. The summed E-state index contributed by atoms with van der Waals surface area (Å²) in [5, 5.41) is 0. The highest BCUT2D eigenvalue weighted by molar-refractivity contribution is 5.11. The van der Waals surface area contributed by atoms with Gasteiger partial charge < -0.3 is 9.64 Å². The van der Waals surface area contributed by atoms with Gasteiger partial charge in [0, 0.05) is 12.7 Å². The summed E-state index contributed by atoms with van der Waals surface area (Å²) < 4.78 is 5.66. The molecular formula is C14H22N2O. The molecule has 17 heavy (non-hydrogen) atoms. The number of likely N-dealkylation sites (tertiary alicyclic amines) is 1. The van der Waals surface area contributed by atoms with E-state index in [1.165, 1.54) is 37.9 Å². The van der Waals surface area contributed by atoms with Gasteiger partial charge in [0.05, 0.1) is 18.9 Å². The maximum absolute atomic E-state index is 5.66. The third-order valence-corrected chi connectivity index (χ3v) is 3.22. The van der Waals surface area contributed by atoms with Gasteiger partial charge in [0.25, 0.3) is 0 Å². The van der Waals surface area contributed by atoms with Gasteiger partial charge in [0.1, 0.15) is 0 Å². The summed E-state index contributed by atoms with van der Waals surface area (Å²) in [5.74, 6) is 0. The Morgan fingerprint density at radius 1 is 1.24 bits per heavy atom. The molecule has 0 saturated carbocycles. The quantitative estimate of drug-likeness (QED) is 0.731. The van der Waals surface area contributed by atoms with Crippen LogP contribution >= 0.6 is 0 Å². The minimum Gasteiger partial charge on any atom is -0.374 e. The number of hydrogen-bond acceptors (Lipinski definition) is 3. The number of aryl methyl sites for hydroxylation is 1. The number of piperidine rings is 1. The maximum atomic E-state index is 5.66. The van der Waals surface area contributed by atoms with E-state index in [1.54, 1.807) is 0 Å². The Bertz CT molecular complexity index is 317. The Kier molecular flexibility index (Phi) is 4.95. The van der Waals surface area contributed by atoms with Crippen LogP contribution in [0.15, 0.2) is 18.3 Å². The van der Waals surface area contributed by atoms with Crippen LogP contribution in [-0.4, -0.2) is 36.1 Å². The summed E-state index contributed by atoms with van der Waals surface area (Å²) in [5.41, 5.74) is 2.22. The second-order valence-corrected chi connectivity index (χ2v) is 4.78. The molecule has 0 N–H and O–H groups in total. The molecule has 2 heterocycles. The van der Waals surface area contributed by atoms with Gasteiger partial charge in [-0.1, -0.05) is 12.5 Å². The summed E-state index contributed by atoms with van der Waals surface area (Å²) >= 11 is 0. The third-order valence-electron chi connectivity index (χ3n) is 3.22. The van der Waals surface area contributed by atoms with Gasteiger partial charge in [-0.2, -0.15) is 0 Å². The molecular weight excluding hydrogens is 212 g/mol. The van der Waals surface area contributed by atoms with E-state index in [0.717, 1.165) is 18.8 Å². The fourth-order valence-electron chi connectivity index (χ4n) is 2.14.